The molecule has 1 aliphatic carbocycles. The molecule has 1 fully saturated rings. The number of urea groups is 1. The van der Waals surface area contributed by atoms with Crippen molar-refractivity contribution >= 4 is 17.8 Å². The highest BCUT2D eigenvalue weighted by atomic mass is 32.2. The van der Waals surface area contributed by atoms with Gasteiger partial charge in [0.15, 0.2) is 0 Å². The van der Waals surface area contributed by atoms with Crippen molar-refractivity contribution < 1.29 is 9.90 Å². The van der Waals surface area contributed by atoms with Gasteiger partial charge in [-0.15, -0.1) is 11.8 Å². The molecule has 0 aromatic heterocycles. The molecule has 2 rings (SSSR count). The fourth-order valence-corrected chi connectivity index (χ4v) is 3.67. The average Bonchev–Trinajstić information content (AvgIpc) is 3.23. The maximum atomic E-state index is 11.9. The summed E-state index contributed by atoms with van der Waals surface area (Å²) in [6.07, 6.45) is 2.67. The smallest absolute Gasteiger partial charge is 0.314 e. The average molecular weight is 322 g/mol. The Morgan fingerprint density at radius 1 is 1.27 bits per heavy atom. The second-order valence-corrected chi connectivity index (χ2v) is 7.89. The predicted octanol–water partition coefficient (Wildman–Crippen LogP) is 3.02. The van der Waals surface area contributed by atoms with E-state index in [9.17, 15) is 9.90 Å². The molecule has 4 nitrogen and oxygen atoms in total. The molecule has 2 amide bonds. The number of benzene rings is 1. The van der Waals surface area contributed by atoms with E-state index in [4.69, 9.17) is 0 Å². The number of thioether (sulfide) groups is 1. The van der Waals surface area contributed by atoms with Crippen molar-refractivity contribution in [2.75, 3.05) is 13.1 Å². The van der Waals surface area contributed by atoms with Crippen molar-refractivity contribution in [1.82, 2.24) is 10.6 Å². The van der Waals surface area contributed by atoms with E-state index in [2.05, 4.69) is 22.8 Å². The summed E-state index contributed by atoms with van der Waals surface area (Å²) in [5, 5.41) is 15.2. The molecule has 1 aromatic carbocycles. The van der Waals surface area contributed by atoms with Gasteiger partial charge in [-0.2, -0.15) is 0 Å². The molecule has 1 saturated carbocycles. The number of aliphatic hydroxyl groups excluding tert-OH is 1. The van der Waals surface area contributed by atoms with Crippen LogP contribution in [-0.2, 0) is 0 Å². The minimum Gasteiger partial charge on any atom is -0.393 e. The highest BCUT2D eigenvalue weighted by molar-refractivity contribution is 8.01. The standard InChI is InChI=1S/C17H26N2O2S/c1-13(10-14(2)20)11-18-16(21)19-12-17(8-9-17)22-15-6-4-3-5-7-15/h3-7,13-14,20H,8-12H2,1-2H3,(H2,18,19,21). The van der Waals surface area contributed by atoms with E-state index in [0.29, 0.717) is 19.5 Å². The van der Waals surface area contributed by atoms with Crippen LogP contribution in [-0.4, -0.2) is 35.1 Å². The Labute approximate surface area is 137 Å². The number of hydrogen-bond donors (Lipinski definition) is 3. The molecule has 2 unspecified atom stereocenters. The third-order valence-electron chi connectivity index (χ3n) is 3.81. The number of amides is 2. The molecule has 0 saturated heterocycles. The first kappa shape index (κ1) is 17.2. The van der Waals surface area contributed by atoms with Gasteiger partial charge in [0, 0.05) is 22.7 Å². The van der Waals surface area contributed by atoms with E-state index in [1.54, 1.807) is 6.92 Å². The van der Waals surface area contributed by atoms with Gasteiger partial charge in [0.05, 0.1) is 6.10 Å². The highest BCUT2D eigenvalue weighted by Crippen LogP contribution is 2.51. The maximum Gasteiger partial charge on any atom is 0.314 e. The van der Waals surface area contributed by atoms with Gasteiger partial charge in [-0.1, -0.05) is 25.1 Å². The molecule has 0 aliphatic heterocycles. The Bertz CT molecular complexity index is 475. The van der Waals surface area contributed by atoms with E-state index >= 15 is 0 Å². The third-order valence-corrected chi connectivity index (χ3v) is 5.30. The molecule has 0 spiro atoms. The van der Waals surface area contributed by atoms with Gasteiger partial charge in [-0.25, -0.2) is 4.79 Å². The monoisotopic (exact) mass is 322 g/mol. The molecule has 1 aliphatic rings. The van der Waals surface area contributed by atoms with Crippen molar-refractivity contribution in [1.29, 1.82) is 0 Å². The van der Waals surface area contributed by atoms with Crippen LogP contribution < -0.4 is 10.6 Å². The van der Waals surface area contributed by atoms with Crippen LogP contribution in [0.25, 0.3) is 0 Å². The number of nitrogens with one attached hydrogen (secondary N) is 2. The van der Waals surface area contributed by atoms with Crippen LogP contribution in [0.3, 0.4) is 0 Å². The van der Waals surface area contributed by atoms with E-state index in [0.717, 1.165) is 12.8 Å². The van der Waals surface area contributed by atoms with Crippen molar-refractivity contribution in [3.05, 3.63) is 30.3 Å². The minimum absolute atomic E-state index is 0.114. The van der Waals surface area contributed by atoms with Crippen LogP contribution in [0.15, 0.2) is 35.2 Å². The second kappa shape index (κ2) is 7.88. The van der Waals surface area contributed by atoms with E-state index in [1.807, 2.05) is 36.9 Å². The van der Waals surface area contributed by atoms with Crippen LogP contribution >= 0.6 is 11.8 Å². The minimum atomic E-state index is -0.322. The molecule has 3 N–H and O–H groups in total. The summed E-state index contributed by atoms with van der Waals surface area (Å²) < 4.78 is 0.171. The van der Waals surface area contributed by atoms with E-state index in [-0.39, 0.29) is 22.8 Å². The lowest BCUT2D eigenvalue weighted by atomic mass is 10.1. The third kappa shape index (κ3) is 5.89. The summed E-state index contributed by atoms with van der Waals surface area (Å²) in [5.41, 5.74) is 0. The van der Waals surface area contributed by atoms with Gasteiger partial charge in [-0.05, 0) is 44.2 Å². The fourth-order valence-electron chi connectivity index (χ4n) is 2.43. The number of carbonyl (C=O) groups excluding carboxylic acids is 1. The first-order valence-corrected chi connectivity index (χ1v) is 8.74. The Kier molecular flexibility index (Phi) is 6.15. The Hall–Kier alpha value is -1.20. The molecular formula is C17H26N2O2S. The molecular weight excluding hydrogens is 296 g/mol. The quantitative estimate of drug-likeness (QED) is 0.689. The number of hydrogen-bond acceptors (Lipinski definition) is 3. The summed E-state index contributed by atoms with van der Waals surface area (Å²) >= 11 is 1.86. The normalized spacial score (nSPS) is 18.3. The zero-order valence-electron chi connectivity index (χ0n) is 13.3. The lowest BCUT2D eigenvalue weighted by molar-refractivity contribution is 0.163. The van der Waals surface area contributed by atoms with Gasteiger partial charge in [-0.3, -0.25) is 0 Å². The zero-order valence-corrected chi connectivity index (χ0v) is 14.2. The van der Waals surface area contributed by atoms with Crippen LogP contribution in [0.2, 0.25) is 0 Å². The second-order valence-electron chi connectivity index (χ2n) is 6.35. The van der Waals surface area contributed by atoms with E-state index < -0.39 is 0 Å². The lowest BCUT2D eigenvalue weighted by Gasteiger charge is -2.18. The summed E-state index contributed by atoms with van der Waals surface area (Å²) in [7, 11) is 0. The Balaban J connectivity index is 1.68. The first-order valence-electron chi connectivity index (χ1n) is 7.93. The maximum absolute atomic E-state index is 11.9. The fraction of sp³-hybridized carbons (Fsp3) is 0.588. The molecule has 0 bridgehead atoms. The SMILES string of the molecule is CC(O)CC(C)CNC(=O)NCC1(Sc2ccccc2)CC1. The van der Waals surface area contributed by atoms with Gasteiger partial charge >= 0.3 is 6.03 Å². The molecule has 5 heteroatoms. The summed E-state index contributed by atoms with van der Waals surface area (Å²) in [6, 6.07) is 10.2. The van der Waals surface area contributed by atoms with Crippen molar-refractivity contribution in [3.63, 3.8) is 0 Å². The van der Waals surface area contributed by atoms with Gasteiger partial charge in [0.1, 0.15) is 0 Å². The molecule has 0 radical (unpaired) electrons. The van der Waals surface area contributed by atoms with Crippen LogP contribution in [0.5, 0.6) is 0 Å². The number of carbonyl (C=O) groups is 1. The first-order chi connectivity index (χ1) is 10.5. The number of rotatable bonds is 8. The topological polar surface area (TPSA) is 61.4 Å². The molecule has 122 valence electrons. The summed E-state index contributed by atoms with van der Waals surface area (Å²) in [4.78, 5) is 13.1. The molecule has 22 heavy (non-hydrogen) atoms. The predicted molar refractivity (Wildman–Crippen MR) is 91.1 cm³/mol. The molecule has 1 aromatic rings. The van der Waals surface area contributed by atoms with Gasteiger partial charge in [0.2, 0.25) is 0 Å². The van der Waals surface area contributed by atoms with Gasteiger partial charge < -0.3 is 15.7 Å². The van der Waals surface area contributed by atoms with E-state index in [1.165, 1.54) is 4.90 Å². The van der Waals surface area contributed by atoms with Crippen molar-refractivity contribution in [2.24, 2.45) is 5.92 Å². The zero-order chi connectivity index (χ0) is 16.0. The summed E-state index contributed by atoms with van der Waals surface area (Å²) in [6.45, 7) is 5.09. The van der Waals surface area contributed by atoms with Crippen LogP contribution in [0.4, 0.5) is 4.79 Å². The van der Waals surface area contributed by atoms with Crippen molar-refractivity contribution in [2.45, 2.75) is 48.9 Å². The highest BCUT2D eigenvalue weighted by Gasteiger charge is 2.43. The van der Waals surface area contributed by atoms with Crippen molar-refractivity contribution in [3.8, 4) is 0 Å². The largest absolute Gasteiger partial charge is 0.393 e. The molecule has 2 atom stereocenters. The Morgan fingerprint density at radius 2 is 1.95 bits per heavy atom. The molecule has 0 heterocycles. The van der Waals surface area contributed by atoms with Crippen LogP contribution in [0, 0.1) is 5.92 Å². The lowest BCUT2D eigenvalue weighted by Crippen LogP contribution is -2.41. The van der Waals surface area contributed by atoms with Gasteiger partial charge in [0.25, 0.3) is 0 Å². The number of aliphatic hydroxyl groups is 1. The Morgan fingerprint density at radius 3 is 2.55 bits per heavy atom. The summed E-state index contributed by atoms with van der Waals surface area (Å²) in [5.74, 6) is 0.277. The van der Waals surface area contributed by atoms with Crippen LogP contribution in [0.1, 0.15) is 33.1 Å².